The quantitative estimate of drug-likeness (QED) is 0.509. The predicted molar refractivity (Wildman–Crippen MR) is 123 cm³/mol. The maximum Gasteiger partial charge on any atom is 0.196 e. The van der Waals surface area contributed by atoms with E-state index in [-0.39, 0.29) is 10.7 Å². The van der Waals surface area contributed by atoms with Crippen molar-refractivity contribution in [2.75, 3.05) is 0 Å². The van der Waals surface area contributed by atoms with Crippen molar-refractivity contribution in [1.82, 2.24) is 14.8 Å². The molecule has 0 bridgehead atoms. The zero-order valence-corrected chi connectivity index (χ0v) is 19.0. The van der Waals surface area contributed by atoms with E-state index in [1.165, 1.54) is 5.56 Å². The van der Waals surface area contributed by atoms with Gasteiger partial charge in [0.2, 0.25) is 0 Å². The van der Waals surface area contributed by atoms with Crippen LogP contribution in [0.1, 0.15) is 57.6 Å². The molecule has 5 heteroatoms. The lowest BCUT2D eigenvalue weighted by Crippen LogP contribution is -2.21. The Hall–Kier alpha value is -2.40. The Morgan fingerprint density at radius 3 is 2.40 bits per heavy atom. The van der Waals surface area contributed by atoms with Crippen LogP contribution in [0.4, 0.5) is 0 Å². The molecule has 4 rings (SSSR count). The van der Waals surface area contributed by atoms with Gasteiger partial charge in [0, 0.05) is 12.0 Å². The number of rotatable bonds is 4. The van der Waals surface area contributed by atoms with Crippen molar-refractivity contribution in [2.24, 2.45) is 0 Å². The average Bonchev–Trinajstić information content (AvgIpc) is 3.13. The molecule has 0 radical (unpaired) electrons. The summed E-state index contributed by atoms with van der Waals surface area (Å²) in [5.74, 6) is 1.15. The summed E-state index contributed by atoms with van der Waals surface area (Å²) in [6, 6.07) is 16.9. The Balaban J connectivity index is 1.78. The number of ketones is 1. The number of nitrogens with zero attached hydrogens (tertiary/aromatic N) is 3. The molecule has 0 spiro atoms. The minimum absolute atomic E-state index is 0.0261. The molecule has 1 aliphatic carbocycles. The molecule has 1 fully saturated rings. The minimum atomic E-state index is -0.0261. The number of aryl methyl sites for hydroxylation is 1. The summed E-state index contributed by atoms with van der Waals surface area (Å²) in [5.41, 5.74) is 4.63. The van der Waals surface area contributed by atoms with E-state index < -0.39 is 0 Å². The summed E-state index contributed by atoms with van der Waals surface area (Å²) in [6.45, 7) is 8.75. The first-order valence-electron chi connectivity index (χ1n) is 10.7. The van der Waals surface area contributed by atoms with Gasteiger partial charge >= 0.3 is 0 Å². The van der Waals surface area contributed by atoms with Gasteiger partial charge in [-0.2, -0.15) is 0 Å². The molecule has 156 valence electrons. The van der Waals surface area contributed by atoms with Gasteiger partial charge in [-0.3, -0.25) is 9.36 Å². The number of para-hydroxylation sites is 1. The van der Waals surface area contributed by atoms with Gasteiger partial charge in [-0.15, -0.1) is 10.2 Å². The van der Waals surface area contributed by atoms with Crippen molar-refractivity contribution in [2.45, 2.75) is 69.2 Å². The Kier molecular flexibility index (Phi) is 5.83. The normalized spacial score (nSPS) is 17.3. The van der Waals surface area contributed by atoms with Gasteiger partial charge < -0.3 is 0 Å². The van der Waals surface area contributed by atoms with Crippen LogP contribution < -0.4 is 0 Å². The number of aromatic nitrogens is 3. The minimum Gasteiger partial charge on any atom is -0.298 e. The van der Waals surface area contributed by atoms with Crippen molar-refractivity contribution < 1.29 is 4.79 Å². The molecule has 0 amide bonds. The van der Waals surface area contributed by atoms with Gasteiger partial charge in [-0.25, -0.2) is 0 Å². The molecule has 0 unspecified atom stereocenters. The van der Waals surface area contributed by atoms with E-state index in [1.54, 1.807) is 11.8 Å². The van der Waals surface area contributed by atoms with E-state index in [1.807, 2.05) is 12.1 Å². The van der Waals surface area contributed by atoms with Crippen LogP contribution in [0.5, 0.6) is 0 Å². The summed E-state index contributed by atoms with van der Waals surface area (Å²) < 4.78 is 2.12. The fourth-order valence-electron chi connectivity index (χ4n) is 3.89. The van der Waals surface area contributed by atoms with Gasteiger partial charge in [0.1, 0.15) is 5.78 Å². The number of carbonyl (C=O) groups excluding carboxylic acids is 1. The summed E-state index contributed by atoms with van der Waals surface area (Å²) in [4.78, 5) is 12.4. The molecule has 1 aromatic heterocycles. The Morgan fingerprint density at radius 1 is 1.00 bits per heavy atom. The highest BCUT2D eigenvalue weighted by Gasteiger charge is 2.27. The lowest BCUT2D eigenvalue weighted by atomic mass is 9.87. The van der Waals surface area contributed by atoms with Crippen LogP contribution in [-0.4, -0.2) is 25.8 Å². The summed E-state index contributed by atoms with van der Waals surface area (Å²) in [5, 5.41) is 9.87. The van der Waals surface area contributed by atoms with Crippen LogP contribution in [0.25, 0.3) is 17.1 Å². The average molecular weight is 420 g/mol. The number of carbonyl (C=O) groups is 1. The van der Waals surface area contributed by atoms with Gasteiger partial charge in [-0.1, -0.05) is 81.4 Å². The Bertz CT molecular complexity index is 1050. The highest BCUT2D eigenvalue weighted by molar-refractivity contribution is 8.00. The third kappa shape index (κ3) is 4.22. The first-order valence-corrected chi connectivity index (χ1v) is 11.5. The lowest BCUT2D eigenvalue weighted by molar-refractivity contribution is -0.119. The molecular formula is C25H29N3OS. The standard InChI is InChI=1S/C25H29N3OS/c1-17-9-5-6-10-20(17)28-23(18-13-15-19(16-14-18)25(2,3)4)26-27-24(28)30-22-12-8-7-11-21(22)29/h5-6,9-10,13-16,22H,7-8,11-12H2,1-4H3/t22-/m1/s1. The molecule has 0 aliphatic heterocycles. The Labute approximate surface area is 183 Å². The van der Waals surface area contributed by atoms with Crippen molar-refractivity contribution in [3.63, 3.8) is 0 Å². The van der Waals surface area contributed by atoms with Crippen molar-refractivity contribution in [3.8, 4) is 17.1 Å². The van der Waals surface area contributed by atoms with Crippen molar-refractivity contribution in [1.29, 1.82) is 0 Å². The highest BCUT2D eigenvalue weighted by atomic mass is 32.2. The van der Waals surface area contributed by atoms with E-state index in [0.717, 1.165) is 47.1 Å². The molecule has 30 heavy (non-hydrogen) atoms. The first kappa shape index (κ1) is 20.9. The van der Waals surface area contributed by atoms with E-state index in [9.17, 15) is 4.79 Å². The van der Waals surface area contributed by atoms with Gasteiger partial charge in [0.05, 0.1) is 10.9 Å². The number of thioether (sulfide) groups is 1. The van der Waals surface area contributed by atoms with Gasteiger partial charge in [0.15, 0.2) is 11.0 Å². The molecule has 1 saturated carbocycles. The van der Waals surface area contributed by atoms with Crippen LogP contribution in [0.3, 0.4) is 0 Å². The van der Waals surface area contributed by atoms with Gasteiger partial charge in [0.25, 0.3) is 0 Å². The molecular weight excluding hydrogens is 390 g/mol. The second kappa shape index (κ2) is 8.38. The van der Waals surface area contributed by atoms with E-state index in [0.29, 0.717) is 12.2 Å². The zero-order valence-electron chi connectivity index (χ0n) is 18.2. The smallest absolute Gasteiger partial charge is 0.196 e. The molecule has 1 aliphatic rings. The topological polar surface area (TPSA) is 47.8 Å². The fourth-order valence-corrected chi connectivity index (χ4v) is 5.05. The molecule has 0 N–H and O–H groups in total. The third-order valence-electron chi connectivity index (χ3n) is 5.75. The zero-order chi connectivity index (χ0) is 21.3. The van der Waals surface area contributed by atoms with Gasteiger partial charge in [-0.05, 0) is 42.4 Å². The SMILES string of the molecule is Cc1ccccc1-n1c(S[C@@H]2CCCCC2=O)nnc1-c1ccc(C(C)(C)C)cc1. The van der Waals surface area contributed by atoms with E-state index >= 15 is 0 Å². The molecule has 2 aromatic carbocycles. The molecule has 0 saturated heterocycles. The summed E-state index contributed by atoms with van der Waals surface area (Å²) in [7, 11) is 0. The van der Waals surface area contributed by atoms with Crippen LogP contribution in [0.2, 0.25) is 0 Å². The Morgan fingerprint density at radius 2 is 1.73 bits per heavy atom. The summed E-state index contributed by atoms with van der Waals surface area (Å²) in [6.07, 6.45) is 3.70. The molecule has 4 nitrogen and oxygen atoms in total. The number of hydrogen-bond donors (Lipinski definition) is 0. The maximum absolute atomic E-state index is 12.4. The number of hydrogen-bond acceptors (Lipinski definition) is 4. The highest BCUT2D eigenvalue weighted by Crippen LogP contribution is 2.35. The second-order valence-corrected chi connectivity index (χ2v) is 10.2. The summed E-state index contributed by atoms with van der Waals surface area (Å²) >= 11 is 1.57. The predicted octanol–water partition coefficient (Wildman–Crippen LogP) is 6.14. The van der Waals surface area contributed by atoms with Crippen LogP contribution >= 0.6 is 11.8 Å². The fraction of sp³-hybridized carbons (Fsp3) is 0.400. The lowest BCUT2D eigenvalue weighted by Gasteiger charge is -2.21. The van der Waals surface area contributed by atoms with Crippen LogP contribution in [0, 0.1) is 6.92 Å². The van der Waals surface area contributed by atoms with E-state index in [2.05, 4.69) is 78.9 Å². The van der Waals surface area contributed by atoms with Crippen molar-refractivity contribution in [3.05, 3.63) is 59.7 Å². The molecule has 1 heterocycles. The molecule has 3 aromatic rings. The maximum atomic E-state index is 12.4. The third-order valence-corrected chi connectivity index (χ3v) is 7.00. The second-order valence-electron chi connectivity index (χ2n) is 9.07. The van der Waals surface area contributed by atoms with Crippen molar-refractivity contribution >= 4 is 17.5 Å². The number of benzene rings is 2. The van der Waals surface area contributed by atoms with Crippen LogP contribution in [-0.2, 0) is 10.2 Å². The monoisotopic (exact) mass is 419 g/mol. The van der Waals surface area contributed by atoms with Crippen LogP contribution in [0.15, 0.2) is 53.7 Å². The van der Waals surface area contributed by atoms with E-state index in [4.69, 9.17) is 0 Å². The largest absolute Gasteiger partial charge is 0.298 e. The number of Topliss-reactive ketones (excluding diaryl/α,β-unsaturated/α-hetero) is 1. The molecule has 1 atom stereocenters. The first-order chi connectivity index (χ1) is 14.3.